The molecule has 7 heteroatoms. The van der Waals surface area contributed by atoms with Crippen molar-refractivity contribution in [1.82, 2.24) is 9.78 Å². The molecule has 0 radical (unpaired) electrons. The molecular formula is C10H17N5O2. The molecule has 94 valence electrons. The quantitative estimate of drug-likeness (QED) is 0.623. The van der Waals surface area contributed by atoms with Crippen molar-refractivity contribution in [2.45, 2.75) is 19.4 Å². The van der Waals surface area contributed by atoms with Crippen molar-refractivity contribution in [2.75, 3.05) is 5.32 Å². The summed E-state index contributed by atoms with van der Waals surface area (Å²) in [6.07, 6.45) is 1.80. The van der Waals surface area contributed by atoms with Crippen LogP contribution < -0.4 is 16.8 Å². The molecule has 2 amide bonds. The summed E-state index contributed by atoms with van der Waals surface area (Å²) >= 11 is 0. The highest BCUT2D eigenvalue weighted by Crippen LogP contribution is 2.10. The van der Waals surface area contributed by atoms with E-state index in [1.54, 1.807) is 30.9 Å². The van der Waals surface area contributed by atoms with Gasteiger partial charge >= 0.3 is 0 Å². The van der Waals surface area contributed by atoms with Crippen LogP contribution >= 0.6 is 0 Å². The molecule has 0 fully saturated rings. The Kier molecular flexibility index (Phi) is 4.22. The first-order chi connectivity index (χ1) is 7.91. The average molecular weight is 239 g/mol. The number of amides is 2. The van der Waals surface area contributed by atoms with Gasteiger partial charge in [0.2, 0.25) is 11.8 Å². The fourth-order valence-corrected chi connectivity index (χ4v) is 1.35. The molecule has 0 aliphatic heterocycles. The summed E-state index contributed by atoms with van der Waals surface area (Å²) in [5.74, 6) is -0.627. The van der Waals surface area contributed by atoms with E-state index in [-0.39, 0.29) is 12.3 Å². The topological polar surface area (TPSA) is 116 Å². The number of rotatable bonds is 5. The smallest absolute Gasteiger partial charge is 0.234 e. The van der Waals surface area contributed by atoms with Gasteiger partial charge < -0.3 is 16.8 Å². The average Bonchev–Trinajstić information content (AvgIpc) is 2.64. The molecule has 1 heterocycles. The molecule has 1 aromatic heterocycles. The van der Waals surface area contributed by atoms with E-state index < -0.39 is 17.9 Å². The number of carbonyl (C=O) groups is 2. The fourth-order valence-electron chi connectivity index (χ4n) is 1.35. The van der Waals surface area contributed by atoms with Crippen molar-refractivity contribution in [3.05, 3.63) is 12.3 Å². The molecule has 7 nitrogen and oxygen atoms in total. The lowest BCUT2D eigenvalue weighted by atomic mass is 10.0. The van der Waals surface area contributed by atoms with Crippen molar-refractivity contribution in [3.63, 3.8) is 0 Å². The highest BCUT2D eigenvalue weighted by molar-refractivity contribution is 5.92. The number of carbonyl (C=O) groups excluding carboxylic acids is 2. The summed E-state index contributed by atoms with van der Waals surface area (Å²) in [5, 5.41) is 6.61. The SMILES string of the molecule is CC(C[C@H](N)C(N)=O)C(=O)Nc1ccnn1C. The number of nitrogens with one attached hydrogen (secondary N) is 1. The molecule has 2 atom stereocenters. The molecule has 0 aliphatic rings. The Bertz CT molecular complexity index is 415. The lowest BCUT2D eigenvalue weighted by Gasteiger charge is -2.14. The number of nitrogens with zero attached hydrogens (tertiary/aromatic N) is 2. The minimum atomic E-state index is -0.803. The maximum atomic E-state index is 11.8. The Labute approximate surface area is 99.1 Å². The Balaban J connectivity index is 2.53. The maximum absolute atomic E-state index is 11.8. The number of hydrogen-bond acceptors (Lipinski definition) is 4. The number of aryl methyl sites for hydroxylation is 1. The van der Waals surface area contributed by atoms with E-state index in [1.165, 1.54) is 0 Å². The van der Waals surface area contributed by atoms with Gasteiger partial charge in [-0.1, -0.05) is 6.92 Å². The highest BCUT2D eigenvalue weighted by atomic mass is 16.2. The van der Waals surface area contributed by atoms with Crippen molar-refractivity contribution >= 4 is 17.6 Å². The van der Waals surface area contributed by atoms with Crippen LogP contribution in [0.1, 0.15) is 13.3 Å². The first-order valence-corrected chi connectivity index (χ1v) is 5.25. The monoisotopic (exact) mass is 239 g/mol. The molecule has 0 aliphatic carbocycles. The van der Waals surface area contributed by atoms with E-state index in [2.05, 4.69) is 10.4 Å². The number of primary amides is 1. The molecule has 1 rings (SSSR count). The molecule has 0 spiro atoms. The number of hydrogen-bond donors (Lipinski definition) is 3. The first kappa shape index (κ1) is 13.2. The zero-order valence-corrected chi connectivity index (χ0v) is 9.88. The van der Waals surface area contributed by atoms with E-state index in [9.17, 15) is 9.59 Å². The van der Waals surface area contributed by atoms with Crippen molar-refractivity contribution in [3.8, 4) is 0 Å². The van der Waals surface area contributed by atoms with Crippen LogP contribution in [-0.2, 0) is 16.6 Å². The molecule has 1 unspecified atom stereocenters. The van der Waals surface area contributed by atoms with Gasteiger partial charge in [-0.05, 0) is 6.42 Å². The summed E-state index contributed by atoms with van der Waals surface area (Å²) in [6.45, 7) is 1.69. The highest BCUT2D eigenvalue weighted by Gasteiger charge is 2.20. The van der Waals surface area contributed by atoms with Gasteiger partial charge in [0.25, 0.3) is 0 Å². The third-order valence-corrected chi connectivity index (χ3v) is 2.49. The number of anilines is 1. The van der Waals surface area contributed by atoms with Crippen LogP contribution in [-0.4, -0.2) is 27.6 Å². The van der Waals surface area contributed by atoms with Gasteiger partial charge in [-0.2, -0.15) is 5.10 Å². The summed E-state index contributed by atoms with van der Waals surface area (Å²) < 4.78 is 1.54. The predicted molar refractivity (Wildman–Crippen MR) is 62.8 cm³/mol. The van der Waals surface area contributed by atoms with Crippen LogP contribution in [0.2, 0.25) is 0 Å². The summed E-state index contributed by atoms with van der Waals surface area (Å²) in [7, 11) is 1.72. The molecule has 0 aromatic carbocycles. The Morgan fingerprint density at radius 3 is 2.71 bits per heavy atom. The van der Waals surface area contributed by atoms with E-state index in [4.69, 9.17) is 11.5 Å². The van der Waals surface area contributed by atoms with Gasteiger partial charge in [0.05, 0.1) is 12.2 Å². The number of nitrogens with two attached hydrogens (primary N) is 2. The second-order valence-electron chi connectivity index (χ2n) is 3.97. The lowest BCUT2D eigenvalue weighted by molar-refractivity contribution is -0.121. The summed E-state index contributed by atoms with van der Waals surface area (Å²) in [5.41, 5.74) is 10.5. The standard InChI is InChI=1S/C10H17N5O2/c1-6(5-7(11)9(12)16)10(17)14-8-3-4-13-15(8)2/h3-4,6-7H,5,11H2,1-2H3,(H2,12,16)(H,14,17)/t6?,7-/m0/s1. The zero-order chi connectivity index (χ0) is 13.0. The Morgan fingerprint density at radius 1 is 1.59 bits per heavy atom. The third-order valence-electron chi connectivity index (χ3n) is 2.49. The van der Waals surface area contributed by atoms with Gasteiger partial charge in [-0.3, -0.25) is 14.3 Å². The second kappa shape index (κ2) is 5.44. The molecule has 0 saturated heterocycles. The second-order valence-corrected chi connectivity index (χ2v) is 3.97. The molecule has 5 N–H and O–H groups in total. The predicted octanol–water partition coefficient (Wildman–Crippen LogP) is -0.803. The van der Waals surface area contributed by atoms with Crippen molar-refractivity contribution in [2.24, 2.45) is 24.4 Å². The lowest BCUT2D eigenvalue weighted by Crippen LogP contribution is -2.39. The van der Waals surface area contributed by atoms with Crippen LogP contribution in [0.25, 0.3) is 0 Å². The normalized spacial score (nSPS) is 14.1. The van der Waals surface area contributed by atoms with E-state index in [0.717, 1.165) is 0 Å². The largest absolute Gasteiger partial charge is 0.368 e. The van der Waals surface area contributed by atoms with E-state index >= 15 is 0 Å². The molecular weight excluding hydrogens is 222 g/mol. The van der Waals surface area contributed by atoms with Gasteiger partial charge in [0.1, 0.15) is 5.82 Å². The Hall–Kier alpha value is -1.89. The van der Waals surface area contributed by atoms with E-state index in [1.807, 2.05) is 0 Å². The summed E-state index contributed by atoms with van der Waals surface area (Å²) in [4.78, 5) is 22.5. The van der Waals surface area contributed by atoms with Crippen LogP contribution in [0.3, 0.4) is 0 Å². The van der Waals surface area contributed by atoms with Crippen LogP contribution in [0.5, 0.6) is 0 Å². The Morgan fingerprint density at radius 2 is 2.24 bits per heavy atom. The first-order valence-electron chi connectivity index (χ1n) is 5.25. The van der Waals surface area contributed by atoms with Gasteiger partial charge in [0.15, 0.2) is 0 Å². The van der Waals surface area contributed by atoms with Crippen LogP contribution in [0, 0.1) is 5.92 Å². The fraction of sp³-hybridized carbons (Fsp3) is 0.500. The maximum Gasteiger partial charge on any atom is 0.234 e. The van der Waals surface area contributed by atoms with Crippen molar-refractivity contribution < 1.29 is 9.59 Å². The van der Waals surface area contributed by atoms with Gasteiger partial charge in [-0.25, -0.2) is 0 Å². The zero-order valence-electron chi connectivity index (χ0n) is 9.88. The molecule has 17 heavy (non-hydrogen) atoms. The minimum absolute atomic E-state index is 0.217. The summed E-state index contributed by atoms with van der Waals surface area (Å²) in [6, 6.07) is 0.876. The van der Waals surface area contributed by atoms with Gasteiger partial charge in [0, 0.05) is 19.0 Å². The van der Waals surface area contributed by atoms with Crippen LogP contribution in [0.4, 0.5) is 5.82 Å². The van der Waals surface area contributed by atoms with Gasteiger partial charge in [-0.15, -0.1) is 0 Å². The minimum Gasteiger partial charge on any atom is -0.368 e. The molecule has 0 bridgehead atoms. The molecule has 1 aromatic rings. The van der Waals surface area contributed by atoms with Crippen molar-refractivity contribution in [1.29, 1.82) is 0 Å². The van der Waals surface area contributed by atoms with Crippen LogP contribution in [0.15, 0.2) is 12.3 Å². The van der Waals surface area contributed by atoms with E-state index in [0.29, 0.717) is 5.82 Å². The number of aromatic nitrogens is 2. The molecule has 0 saturated carbocycles. The third kappa shape index (κ3) is 3.56.